The predicted molar refractivity (Wildman–Crippen MR) is 233 cm³/mol. The Morgan fingerprint density at radius 3 is 2.35 bits per heavy atom. The standard InChI is InChI=1S/C45H55FN8O8S/c46-33-22-30(23-34-41(33)43(58)48-37(47-34)27-63-31-10-20-61-21-11-31)62-26-29-6-12-50(13-7-29)25-39(56)53-14-8-28(9-15-53)24-51-16-18-52(19-17-51)35-3-1-2-32-40(35)45(60)54(44(32)59)36-4-5-38(55)49-42(36)57/h1-3,22-23,28-29,31,36H,4-21,24-27H2,(H,47,48,58)(H,49,55,57)/t36-/m0/s1. The highest BCUT2D eigenvalue weighted by Gasteiger charge is 2.46. The molecule has 18 heteroatoms. The number of nitrogens with zero attached hydrogens (tertiary/aromatic N) is 6. The molecule has 63 heavy (non-hydrogen) atoms. The van der Waals surface area contributed by atoms with Crippen molar-refractivity contribution in [3.05, 3.63) is 63.5 Å². The van der Waals surface area contributed by atoms with Gasteiger partial charge < -0.3 is 24.3 Å². The Morgan fingerprint density at radius 1 is 0.857 bits per heavy atom. The molecule has 6 aliphatic rings. The summed E-state index contributed by atoms with van der Waals surface area (Å²) in [6.07, 6.45) is 5.75. The number of piperazine rings is 1. The first kappa shape index (κ1) is 43.3. The van der Waals surface area contributed by atoms with Crippen LogP contribution in [0.25, 0.3) is 10.9 Å². The number of piperidine rings is 3. The molecule has 5 fully saturated rings. The van der Waals surface area contributed by atoms with Gasteiger partial charge in [-0.1, -0.05) is 6.07 Å². The van der Waals surface area contributed by atoms with E-state index in [1.165, 1.54) is 6.07 Å². The first-order chi connectivity index (χ1) is 30.6. The number of fused-ring (bicyclic) bond motifs is 2. The van der Waals surface area contributed by atoms with Crippen LogP contribution in [0.4, 0.5) is 10.1 Å². The minimum atomic E-state index is -0.996. The molecule has 0 unspecified atom stereocenters. The molecule has 7 heterocycles. The molecule has 5 amide bonds. The lowest BCUT2D eigenvalue weighted by molar-refractivity contribution is -0.136. The number of nitrogens with one attached hydrogen (secondary N) is 2. The van der Waals surface area contributed by atoms with E-state index in [1.54, 1.807) is 30.0 Å². The van der Waals surface area contributed by atoms with Crippen molar-refractivity contribution in [2.45, 2.75) is 68.4 Å². The summed E-state index contributed by atoms with van der Waals surface area (Å²) in [6.45, 7) is 9.28. The fourth-order valence-electron chi connectivity index (χ4n) is 9.92. The highest BCUT2D eigenvalue weighted by atomic mass is 32.2. The number of carbonyl (C=O) groups is 5. The van der Waals surface area contributed by atoms with Gasteiger partial charge in [0.15, 0.2) is 0 Å². The lowest BCUT2D eigenvalue weighted by Crippen LogP contribution is -2.54. The van der Waals surface area contributed by atoms with E-state index in [2.05, 4.69) is 30.0 Å². The van der Waals surface area contributed by atoms with Gasteiger partial charge in [0.1, 0.15) is 28.8 Å². The van der Waals surface area contributed by atoms with Gasteiger partial charge in [-0.3, -0.25) is 48.8 Å². The van der Waals surface area contributed by atoms with Gasteiger partial charge in [0.2, 0.25) is 17.7 Å². The van der Waals surface area contributed by atoms with Crippen molar-refractivity contribution in [3.8, 4) is 5.75 Å². The predicted octanol–water partition coefficient (Wildman–Crippen LogP) is 3.03. The molecule has 6 aliphatic heterocycles. The zero-order valence-corrected chi connectivity index (χ0v) is 36.3. The van der Waals surface area contributed by atoms with Crippen molar-refractivity contribution >= 4 is 57.9 Å². The number of halogens is 1. The van der Waals surface area contributed by atoms with Crippen LogP contribution in [0.1, 0.15) is 77.9 Å². The number of anilines is 1. The molecular formula is C45H55FN8O8S. The van der Waals surface area contributed by atoms with Crippen LogP contribution in [-0.4, -0.2) is 156 Å². The van der Waals surface area contributed by atoms with Crippen LogP contribution in [0, 0.1) is 17.7 Å². The number of aromatic nitrogens is 2. The molecule has 3 aromatic rings. The van der Waals surface area contributed by atoms with Crippen LogP contribution < -0.4 is 20.5 Å². The first-order valence-corrected chi connectivity index (χ1v) is 23.5. The monoisotopic (exact) mass is 886 g/mol. The third kappa shape index (κ3) is 9.64. The van der Waals surface area contributed by atoms with Crippen molar-refractivity contribution in [2.24, 2.45) is 11.8 Å². The Morgan fingerprint density at radius 2 is 1.60 bits per heavy atom. The van der Waals surface area contributed by atoms with Gasteiger partial charge in [-0.05, 0) is 82.0 Å². The Bertz CT molecular complexity index is 2300. The van der Waals surface area contributed by atoms with Crippen molar-refractivity contribution in [1.82, 2.24) is 34.9 Å². The Balaban J connectivity index is 0.688. The zero-order valence-electron chi connectivity index (χ0n) is 35.5. The first-order valence-electron chi connectivity index (χ1n) is 22.4. The van der Waals surface area contributed by atoms with Crippen LogP contribution in [0.5, 0.6) is 5.75 Å². The molecule has 1 aromatic heterocycles. The molecule has 336 valence electrons. The highest BCUT2D eigenvalue weighted by Crippen LogP contribution is 2.35. The van der Waals surface area contributed by atoms with Gasteiger partial charge in [-0.2, -0.15) is 11.8 Å². The molecule has 2 N–H and O–H groups in total. The summed E-state index contributed by atoms with van der Waals surface area (Å²) in [5, 5.41) is 2.64. The summed E-state index contributed by atoms with van der Waals surface area (Å²) >= 11 is 1.73. The van der Waals surface area contributed by atoms with E-state index in [0.717, 1.165) is 102 Å². The number of H-pyrrole nitrogens is 1. The summed E-state index contributed by atoms with van der Waals surface area (Å²) in [5.41, 5.74) is 1.13. The summed E-state index contributed by atoms with van der Waals surface area (Å²) in [7, 11) is 0. The number of hydrogen-bond donors (Lipinski definition) is 2. The van der Waals surface area contributed by atoms with Crippen molar-refractivity contribution in [3.63, 3.8) is 0 Å². The van der Waals surface area contributed by atoms with Crippen molar-refractivity contribution in [1.29, 1.82) is 0 Å². The lowest BCUT2D eigenvalue weighted by Gasteiger charge is -2.40. The van der Waals surface area contributed by atoms with Gasteiger partial charge in [0, 0.05) is 82.8 Å². The van der Waals surface area contributed by atoms with E-state index in [9.17, 15) is 28.8 Å². The Kier molecular flexibility index (Phi) is 13.1. The molecular weight excluding hydrogens is 832 g/mol. The highest BCUT2D eigenvalue weighted by molar-refractivity contribution is 7.99. The third-order valence-corrected chi connectivity index (χ3v) is 15.0. The largest absolute Gasteiger partial charge is 0.493 e. The molecule has 0 spiro atoms. The smallest absolute Gasteiger partial charge is 0.264 e. The number of ether oxygens (including phenoxy) is 2. The average molecular weight is 887 g/mol. The van der Waals surface area contributed by atoms with Crippen LogP contribution in [0.3, 0.4) is 0 Å². The molecule has 0 saturated carbocycles. The number of amides is 5. The quantitative estimate of drug-likeness (QED) is 0.254. The van der Waals surface area contributed by atoms with Gasteiger partial charge in [0.25, 0.3) is 17.4 Å². The fraction of sp³-hybridized carbons (Fsp3) is 0.578. The molecule has 1 atom stereocenters. The van der Waals surface area contributed by atoms with Gasteiger partial charge in [-0.15, -0.1) is 0 Å². The molecule has 0 bridgehead atoms. The van der Waals surface area contributed by atoms with E-state index in [4.69, 9.17) is 9.47 Å². The van der Waals surface area contributed by atoms with Gasteiger partial charge in [-0.25, -0.2) is 9.37 Å². The Hall–Kier alpha value is -4.91. The number of benzene rings is 2. The average Bonchev–Trinajstić information content (AvgIpc) is 3.54. The normalized spacial score (nSPS) is 22.6. The SMILES string of the molecule is O=C1CC[C@H](N2C(=O)c3cccc(N4CCN(CC5CCN(C(=O)CN6CCC(COc7cc(F)c8c(=O)[nH]c(CSC9CCOCC9)nc8c7)CC6)CC5)CC4)c3C2=O)C(=O)N1. The molecule has 0 aliphatic carbocycles. The van der Waals surface area contributed by atoms with Crippen LogP contribution in [0.2, 0.25) is 0 Å². The summed E-state index contributed by atoms with van der Waals surface area (Å²) in [6, 6.07) is 7.19. The van der Waals surface area contributed by atoms with E-state index >= 15 is 4.39 Å². The number of rotatable bonds is 12. The number of aromatic amines is 1. The number of imide groups is 2. The van der Waals surface area contributed by atoms with Crippen molar-refractivity contribution < 1.29 is 37.8 Å². The van der Waals surface area contributed by atoms with Gasteiger partial charge in [0.05, 0.1) is 41.2 Å². The summed E-state index contributed by atoms with van der Waals surface area (Å²) in [4.78, 5) is 94.5. The van der Waals surface area contributed by atoms with E-state index in [-0.39, 0.29) is 30.1 Å². The number of likely N-dealkylation sites (tertiary alicyclic amines) is 2. The maximum atomic E-state index is 15.1. The number of hydrogen-bond acceptors (Lipinski definition) is 13. The summed E-state index contributed by atoms with van der Waals surface area (Å²) in [5.74, 6) is -0.319. The second-order valence-corrected chi connectivity index (χ2v) is 19.0. The Labute approximate surface area is 369 Å². The molecule has 16 nitrogen and oxygen atoms in total. The third-order valence-electron chi connectivity index (χ3n) is 13.6. The van der Waals surface area contributed by atoms with Gasteiger partial charge >= 0.3 is 0 Å². The van der Waals surface area contributed by atoms with E-state index < -0.39 is 41.0 Å². The fourth-order valence-corrected chi connectivity index (χ4v) is 11.0. The maximum Gasteiger partial charge on any atom is 0.264 e. The van der Waals surface area contributed by atoms with Crippen LogP contribution >= 0.6 is 11.8 Å². The number of thioether (sulfide) groups is 1. The summed E-state index contributed by atoms with van der Waals surface area (Å²) < 4.78 is 26.6. The second-order valence-electron chi connectivity index (χ2n) is 17.7. The van der Waals surface area contributed by atoms with E-state index in [0.29, 0.717) is 77.1 Å². The molecule has 0 radical (unpaired) electrons. The second kappa shape index (κ2) is 19.1. The van der Waals surface area contributed by atoms with Crippen LogP contribution in [-0.2, 0) is 24.9 Å². The maximum absolute atomic E-state index is 15.1. The molecule has 2 aromatic carbocycles. The van der Waals surface area contributed by atoms with Crippen molar-refractivity contribution in [2.75, 3.05) is 90.2 Å². The zero-order chi connectivity index (χ0) is 43.6. The lowest BCUT2D eigenvalue weighted by atomic mass is 9.95. The minimum absolute atomic E-state index is 0.0592. The van der Waals surface area contributed by atoms with E-state index in [1.807, 2.05) is 11.0 Å². The molecule has 5 saturated heterocycles. The topological polar surface area (TPSA) is 178 Å². The minimum Gasteiger partial charge on any atom is -0.493 e. The number of carbonyl (C=O) groups excluding carboxylic acids is 5. The molecule has 9 rings (SSSR count). The van der Waals surface area contributed by atoms with Crippen LogP contribution in [0.15, 0.2) is 35.1 Å².